The van der Waals surface area contributed by atoms with Gasteiger partial charge >= 0.3 is 0 Å². The highest BCUT2D eigenvalue weighted by atomic mass is 16.5. The third kappa shape index (κ3) is 4.24. The van der Waals surface area contributed by atoms with E-state index in [2.05, 4.69) is 10.5 Å². The van der Waals surface area contributed by atoms with Crippen molar-refractivity contribution in [2.75, 3.05) is 19.8 Å². The number of ether oxygens (including phenoxy) is 1. The SMILES string of the molecule is N/C(=N/O)c1ccc(C(=O)NCCOCC2CC2)cc1. The van der Waals surface area contributed by atoms with Crippen LogP contribution >= 0.6 is 0 Å². The molecule has 1 aliphatic carbocycles. The quantitative estimate of drug-likeness (QED) is 0.227. The van der Waals surface area contributed by atoms with Crippen molar-refractivity contribution in [2.45, 2.75) is 12.8 Å². The van der Waals surface area contributed by atoms with E-state index >= 15 is 0 Å². The lowest BCUT2D eigenvalue weighted by Crippen LogP contribution is -2.27. The molecule has 6 nitrogen and oxygen atoms in total. The predicted molar refractivity (Wildman–Crippen MR) is 74.8 cm³/mol. The fourth-order valence-corrected chi connectivity index (χ4v) is 1.72. The largest absolute Gasteiger partial charge is 0.409 e. The average Bonchev–Trinajstić information content (AvgIpc) is 3.30. The minimum Gasteiger partial charge on any atom is -0.409 e. The Hall–Kier alpha value is -2.08. The number of nitrogens with two attached hydrogens (primary N) is 1. The standard InChI is InChI=1S/C14H19N3O3/c15-13(17-19)11-3-5-12(6-4-11)14(18)16-7-8-20-9-10-1-2-10/h3-6,10,19H,1-2,7-9H2,(H2,15,17)(H,16,18). The number of carbonyl (C=O) groups excluding carboxylic acids is 1. The molecule has 0 spiro atoms. The molecule has 0 bridgehead atoms. The van der Waals surface area contributed by atoms with Crippen molar-refractivity contribution >= 4 is 11.7 Å². The first-order valence-corrected chi connectivity index (χ1v) is 6.64. The third-order valence-corrected chi connectivity index (χ3v) is 3.13. The summed E-state index contributed by atoms with van der Waals surface area (Å²) in [6, 6.07) is 6.53. The van der Waals surface area contributed by atoms with Crippen molar-refractivity contribution in [3.05, 3.63) is 35.4 Å². The Bertz CT molecular complexity index is 481. The van der Waals surface area contributed by atoms with Crippen LogP contribution in [0.2, 0.25) is 0 Å². The molecule has 0 atom stereocenters. The van der Waals surface area contributed by atoms with Gasteiger partial charge in [0.1, 0.15) is 0 Å². The van der Waals surface area contributed by atoms with Gasteiger partial charge in [-0.1, -0.05) is 17.3 Å². The van der Waals surface area contributed by atoms with Crippen molar-refractivity contribution in [3.63, 3.8) is 0 Å². The van der Waals surface area contributed by atoms with Crippen molar-refractivity contribution in [2.24, 2.45) is 16.8 Å². The fourth-order valence-electron chi connectivity index (χ4n) is 1.72. The number of oxime groups is 1. The molecule has 0 saturated heterocycles. The first-order chi connectivity index (χ1) is 9.70. The van der Waals surface area contributed by atoms with Gasteiger partial charge in [-0.25, -0.2) is 0 Å². The number of hydrogen-bond acceptors (Lipinski definition) is 4. The lowest BCUT2D eigenvalue weighted by atomic mass is 10.1. The molecule has 1 fully saturated rings. The van der Waals surface area contributed by atoms with Crippen molar-refractivity contribution in [3.8, 4) is 0 Å². The Kier molecular flexibility index (Phi) is 4.95. The summed E-state index contributed by atoms with van der Waals surface area (Å²) in [6.45, 7) is 1.82. The van der Waals surface area contributed by atoms with E-state index in [0.29, 0.717) is 24.3 Å². The highest BCUT2D eigenvalue weighted by Crippen LogP contribution is 2.28. The number of rotatable bonds is 7. The molecule has 1 aromatic rings. The van der Waals surface area contributed by atoms with Crippen LogP contribution in [0, 0.1) is 5.92 Å². The summed E-state index contributed by atoms with van der Waals surface area (Å²) >= 11 is 0. The van der Waals surface area contributed by atoms with E-state index in [1.165, 1.54) is 12.8 Å². The van der Waals surface area contributed by atoms with Crippen LogP contribution in [0.1, 0.15) is 28.8 Å². The second kappa shape index (κ2) is 6.91. The molecule has 0 radical (unpaired) electrons. The van der Waals surface area contributed by atoms with Crippen LogP contribution < -0.4 is 11.1 Å². The monoisotopic (exact) mass is 277 g/mol. The lowest BCUT2D eigenvalue weighted by Gasteiger charge is -2.06. The normalized spacial score (nSPS) is 15.1. The number of amidine groups is 1. The fraction of sp³-hybridized carbons (Fsp3) is 0.429. The highest BCUT2D eigenvalue weighted by molar-refractivity contribution is 5.99. The molecule has 2 rings (SSSR count). The van der Waals surface area contributed by atoms with Gasteiger partial charge in [-0.2, -0.15) is 0 Å². The highest BCUT2D eigenvalue weighted by Gasteiger charge is 2.20. The Morgan fingerprint density at radius 1 is 1.35 bits per heavy atom. The number of benzene rings is 1. The van der Waals surface area contributed by atoms with Gasteiger partial charge in [0, 0.05) is 24.3 Å². The second-order valence-electron chi connectivity index (χ2n) is 4.84. The predicted octanol–water partition coefficient (Wildman–Crippen LogP) is 0.937. The second-order valence-corrected chi connectivity index (χ2v) is 4.84. The van der Waals surface area contributed by atoms with E-state index in [0.717, 1.165) is 12.5 Å². The van der Waals surface area contributed by atoms with E-state index in [4.69, 9.17) is 15.7 Å². The molecular weight excluding hydrogens is 258 g/mol. The summed E-state index contributed by atoms with van der Waals surface area (Å²) in [5.74, 6) is 0.591. The molecule has 1 amide bonds. The molecule has 108 valence electrons. The van der Waals surface area contributed by atoms with Gasteiger partial charge in [-0.05, 0) is 30.9 Å². The van der Waals surface area contributed by atoms with Crippen molar-refractivity contribution in [1.29, 1.82) is 0 Å². The summed E-state index contributed by atoms with van der Waals surface area (Å²) in [5, 5.41) is 14.2. The van der Waals surface area contributed by atoms with Gasteiger partial charge in [0.15, 0.2) is 5.84 Å². The summed E-state index contributed by atoms with van der Waals surface area (Å²) in [5.41, 5.74) is 6.54. The maximum absolute atomic E-state index is 11.8. The Morgan fingerprint density at radius 2 is 2.00 bits per heavy atom. The molecule has 1 saturated carbocycles. The van der Waals surface area contributed by atoms with Crippen LogP contribution in [-0.2, 0) is 4.74 Å². The topological polar surface area (TPSA) is 96.9 Å². The molecule has 1 aromatic carbocycles. The molecule has 0 heterocycles. The summed E-state index contributed by atoms with van der Waals surface area (Å²) in [4.78, 5) is 11.8. The number of hydrogen-bond donors (Lipinski definition) is 3. The first-order valence-electron chi connectivity index (χ1n) is 6.64. The number of amides is 1. The van der Waals surface area contributed by atoms with Gasteiger partial charge < -0.3 is 21.0 Å². The van der Waals surface area contributed by atoms with Gasteiger partial charge in [-0.15, -0.1) is 0 Å². The molecule has 4 N–H and O–H groups in total. The van der Waals surface area contributed by atoms with Crippen LogP contribution in [-0.4, -0.2) is 36.7 Å². The average molecular weight is 277 g/mol. The molecule has 1 aliphatic rings. The molecule has 0 aliphatic heterocycles. The molecule has 0 unspecified atom stereocenters. The number of carbonyl (C=O) groups is 1. The molecular formula is C14H19N3O3. The van der Waals surface area contributed by atoms with Crippen LogP contribution in [0.4, 0.5) is 0 Å². The lowest BCUT2D eigenvalue weighted by molar-refractivity contribution is 0.0906. The summed E-state index contributed by atoms with van der Waals surface area (Å²) < 4.78 is 5.43. The van der Waals surface area contributed by atoms with Gasteiger partial charge in [-0.3, -0.25) is 4.79 Å². The van der Waals surface area contributed by atoms with E-state index in [1.54, 1.807) is 24.3 Å². The van der Waals surface area contributed by atoms with Crippen LogP contribution in [0.25, 0.3) is 0 Å². The summed E-state index contributed by atoms with van der Waals surface area (Å²) in [7, 11) is 0. The molecule has 0 aromatic heterocycles. The zero-order chi connectivity index (χ0) is 14.4. The minimum atomic E-state index is -0.161. The third-order valence-electron chi connectivity index (χ3n) is 3.13. The zero-order valence-electron chi connectivity index (χ0n) is 11.2. The maximum atomic E-state index is 11.8. The maximum Gasteiger partial charge on any atom is 0.251 e. The van der Waals surface area contributed by atoms with Gasteiger partial charge in [0.2, 0.25) is 0 Å². The first kappa shape index (κ1) is 14.3. The smallest absolute Gasteiger partial charge is 0.251 e. The minimum absolute atomic E-state index is 0.0189. The van der Waals surface area contributed by atoms with E-state index in [-0.39, 0.29) is 11.7 Å². The van der Waals surface area contributed by atoms with Crippen LogP contribution in [0.3, 0.4) is 0 Å². The Labute approximate surface area is 117 Å². The van der Waals surface area contributed by atoms with Crippen LogP contribution in [0.5, 0.6) is 0 Å². The van der Waals surface area contributed by atoms with E-state index in [1.807, 2.05) is 0 Å². The number of nitrogens with one attached hydrogen (secondary N) is 1. The Morgan fingerprint density at radius 3 is 2.60 bits per heavy atom. The summed E-state index contributed by atoms with van der Waals surface area (Å²) in [6.07, 6.45) is 2.53. The number of nitrogens with zero attached hydrogens (tertiary/aromatic N) is 1. The van der Waals surface area contributed by atoms with E-state index < -0.39 is 0 Å². The Balaban J connectivity index is 1.73. The van der Waals surface area contributed by atoms with Crippen molar-refractivity contribution in [1.82, 2.24) is 5.32 Å². The van der Waals surface area contributed by atoms with Gasteiger partial charge in [0.05, 0.1) is 6.61 Å². The zero-order valence-corrected chi connectivity index (χ0v) is 11.2. The molecule has 20 heavy (non-hydrogen) atoms. The molecule has 6 heteroatoms. The van der Waals surface area contributed by atoms with E-state index in [9.17, 15) is 4.79 Å². The van der Waals surface area contributed by atoms with Gasteiger partial charge in [0.25, 0.3) is 5.91 Å². The van der Waals surface area contributed by atoms with Crippen molar-refractivity contribution < 1.29 is 14.7 Å². The van der Waals surface area contributed by atoms with Crippen LogP contribution in [0.15, 0.2) is 29.4 Å².